The van der Waals surface area contributed by atoms with Crippen LogP contribution in [0, 0.1) is 0 Å². The first kappa shape index (κ1) is 16.7. The highest BCUT2D eigenvalue weighted by Crippen LogP contribution is 2.47. The van der Waals surface area contributed by atoms with Crippen LogP contribution in [-0.2, 0) is 19.4 Å². The fourth-order valence-electron chi connectivity index (χ4n) is 4.97. The molecule has 2 aromatic carbocycles. The van der Waals surface area contributed by atoms with Gasteiger partial charge in [0.25, 0.3) is 0 Å². The largest absolute Gasteiger partial charge is 0.344 e. The number of halogens is 2. The molecule has 1 saturated heterocycles. The first-order valence-corrected chi connectivity index (χ1v) is 10.1. The lowest BCUT2D eigenvalue weighted by Crippen LogP contribution is -2.34. The summed E-state index contributed by atoms with van der Waals surface area (Å²) in [5.41, 5.74) is 5.71. The van der Waals surface area contributed by atoms with Gasteiger partial charge in [-0.3, -0.25) is 4.90 Å². The minimum atomic E-state index is 0.543. The van der Waals surface area contributed by atoms with E-state index in [9.17, 15) is 0 Å². The van der Waals surface area contributed by atoms with Gasteiger partial charge >= 0.3 is 0 Å². The van der Waals surface area contributed by atoms with E-state index in [-0.39, 0.29) is 0 Å². The fourth-order valence-corrected chi connectivity index (χ4v) is 5.27. The second-order valence-corrected chi connectivity index (χ2v) is 8.54. The van der Waals surface area contributed by atoms with Gasteiger partial charge in [-0.1, -0.05) is 35.3 Å². The average Bonchev–Trinajstić information content (AvgIpc) is 3.04. The monoisotopic (exact) mass is 384 g/mol. The van der Waals surface area contributed by atoms with Crippen molar-refractivity contribution in [2.24, 2.45) is 0 Å². The number of hydrogen-bond donors (Lipinski definition) is 0. The molecule has 0 N–H and O–H groups in total. The van der Waals surface area contributed by atoms with E-state index < -0.39 is 0 Å². The van der Waals surface area contributed by atoms with Gasteiger partial charge in [-0.05, 0) is 67.8 Å². The van der Waals surface area contributed by atoms with Gasteiger partial charge in [0, 0.05) is 51.7 Å². The molecule has 3 aromatic rings. The fraction of sp³-hybridized carbons (Fsp3) is 0.364. The third kappa shape index (κ3) is 2.58. The number of aromatic nitrogens is 1. The van der Waals surface area contributed by atoms with Crippen LogP contribution >= 0.6 is 23.2 Å². The van der Waals surface area contributed by atoms with Gasteiger partial charge < -0.3 is 4.57 Å². The number of benzene rings is 2. The van der Waals surface area contributed by atoms with Gasteiger partial charge in [0.15, 0.2) is 0 Å². The summed E-state index contributed by atoms with van der Waals surface area (Å²) in [4.78, 5) is 2.58. The Kier molecular flexibility index (Phi) is 4.04. The first-order chi connectivity index (χ1) is 12.6. The zero-order chi connectivity index (χ0) is 17.8. The summed E-state index contributed by atoms with van der Waals surface area (Å²) in [6, 6.07) is 15.8. The summed E-state index contributed by atoms with van der Waals surface area (Å²) in [6.45, 7) is 0.998. The molecule has 1 fully saturated rings. The molecule has 2 aliphatic heterocycles. The van der Waals surface area contributed by atoms with Gasteiger partial charge in [-0.25, -0.2) is 0 Å². The highest BCUT2D eigenvalue weighted by atomic mass is 35.5. The maximum Gasteiger partial charge on any atom is 0.0487 e. The third-order valence-corrected chi connectivity index (χ3v) is 6.80. The predicted molar refractivity (Wildman–Crippen MR) is 109 cm³/mol. The lowest BCUT2D eigenvalue weighted by molar-refractivity contribution is 0.222. The Bertz CT molecular complexity index is 974. The molecule has 26 heavy (non-hydrogen) atoms. The molecule has 2 nitrogen and oxygen atoms in total. The Labute approximate surface area is 164 Å². The number of nitrogens with zero attached hydrogens (tertiary/aromatic N) is 2. The van der Waals surface area contributed by atoms with Crippen molar-refractivity contribution in [3.8, 4) is 0 Å². The maximum absolute atomic E-state index is 6.36. The normalized spacial score (nSPS) is 22.1. The van der Waals surface area contributed by atoms with Crippen molar-refractivity contribution in [3.63, 3.8) is 0 Å². The topological polar surface area (TPSA) is 8.17 Å². The Morgan fingerprint density at radius 1 is 1.00 bits per heavy atom. The number of rotatable bonds is 3. The van der Waals surface area contributed by atoms with E-state index in [2.05, 4.69) is 40.8 Å². The molecule has 5 rings (SSSR count). The van der Waals surface area contributed by atoms with Gasteiger partial charge in [-0.2, -0.15) is 0 Å². The summed E-state index contributed by atoms with van der Waals surface area (Å²) in [6.07, 6.45) is 4.72. The molecule has 0 aliphatic carbocycles. The Morgan fingerprint density at radius 3 is 2.58 bits per heavy atom. The van der Waals surface area contributed by atoms with Crippen LogP contribution in [0.15, 0.2) is 42.5 Å². The maximum atomic E-state index is 6.36. The third-order valence-electron chi connectivity index (χ3n) is 6.32. The number of fused-ring (bicyclic) bond motifs is 6. The van der Waals surface area contributed by atoms with Crippen LogP contribution in [0.4, 0.5) is 0 Å². The summed E-state index contributed by atoms with van der Waals surface area (Å²) in [5.74, 6) is 0. The van der Waals surface area contributed by atoms with E-state index in [0.717, 1.165) is 29.4 Å². The van der Waals surface area contributed by atoms with E-state index in [0.29, 0.717) is 12.1 Å². The first-order valence-electron chi connectivity index (χ1n) is 9.38. The van der Waals surface area contributed by atoms with E-state index >= 15 is 0 Å². The lowest BCUT2D eigenvalue weighted by atomic mass is 9.97. The van der Waals surface area contributed by atoms with Crippen LogP contribution in [0.3, 0.4) is 0 Å². The average molecular weight is 385 g/mol. The smallest absolute Gasteiger partial charge is 0.0487 e. The molecule has 2 unspecified atom stereocenters. The van der Waals surface area contributed by atoms with Crippen molar-refractivity contribution in [2.45, 2.75) is 44.3 Å². The van der Waals surface area contributed by atoms with Crippen molar-refractivity contribution in [3.05, 3.63) is 69.3 Å². The zero-order valence-electron chi connectivity index (χ0n) is 14.9. The molecule has 1 aromatic heterocycles. The number of hydrogen-bond acceptors (Lipinski definition) is 1. The molecule has 3 heterocycles. The molecule has 0 radical (unpaired) electrons. The molecule has 0 amide bonds. The zero-order valence-corrected chi connectivity index (χ0v) is 16.4. The molecule has 0 spiro atoms. The molecule has 2 aliphatic rings. The second-order valence-electron chi connectivity index (χ2n) is 7.67. The highest BCUT2D eigenvalue weighted by Gasteiger charge is 2.40. The van der Waals surface area contributed by atoms with Crippen LogP contribution < -0.4 is 0 Å². The van der Waals surface area contributed by atoms with Crippen molar-refractivity contribution >= 4 is 34.1 Å². The minimum Gasteiger partial charge on any atom is -0.344 e. The summed E-state index contributed by atoms with van der Waals surface area (Å²) in [5, 5.41) is 2.98. The van der Waals surface area contributed by atoms with Crippen LogP contribution in [0.5, 0.6) is 0 Å². The van der Waals surface area contributed by atoms with Crippen LogP contribution in [0.1, 0.15) is 35.7 Å². The van der Waals surface area contributed by atoms with Crippen molar-refractivity contribution in [1.29, 1.82) is 0 Å². The molecule has 0 saturated carbocycles. The summed E-state index contributed by atoms with van der Waals surface area (Å²) < 4.78 is 2.55. The Balaban J connectivity index is 1.59. The van der Waals surface area contributed by atoms with Gasteiger partial charge in [0.05, 0.1) is 0 Å². The molecule has 4 heteroatoms. The van der Waals surface area contributed by atoms with E-state index in [1.807, 2.05) is 18.2 Å². The van der Waals surface area contributed by atoms with Crippen LogP contribution in [0.25, 0.3) is 10.9 Å². The van der Waals surface area contributed by atoms with Crippen LogP contribution in [-0.4, -0.2) is 22.6 Å². The van der Waals surface area contributed by atoms with Crippen molar-refractivity contribution < 1.29 is 0 Å². The van der Waals surface area contributed by atoms with Crippen molar-refractivity contribution in [2.75, 3.05) is 7.05 Å². The lowest BCUT2D eigenvalue weighted by Gasteiger charge is -2.32. The standard InChI is InChI=1S/C22H22Cl2N2/c1-25-17-7-9-20(25)22-18-12-16(24)6-8-19(18)26(21(22)13-17)11-10-14-2-4-15(23)5-3-14/h2-6,8,12,17,20H,7,9-11,13H2,1H3. The molecular formula is C22H22Cl2N2. The Hall–Kier alpha value is -1.48. The minimum absolute atomic E-state index is 0.543. The van der Waals surface area contributed by atoms with Crippen LogP contribution in [0.2, 0.25) is 10.0 Å². The SMILES string of the molecule is CN1C2CCC1c1c(n(CCc3ccc(Cl)cc3)c3ccc(Cl)cc13)C2. The number of likely N-dealkylation sites (N-methyl/N-ethyl adjacent to an activating group) is 1. The van der Waals surface area contributed by atoms with E-state index in [1.54, 1.807) is 0 Å². The van der Waals surface area contributed by atoms with E-state index in [1.165, 1.54) is 40.6 Å². The Morgan fingerprint density at radius 2 is 1.77 bits per heavy atom. The molecule has 2 bridgehead atoms. The summed E-state index contributed by atoms with van der Waals surface area (Å²) in [7, 11) is 2.28. The van der Waals surface area contributed by atoms with Gasteiger partial charge in [-0.15, -0.1) is 0 Å². The molecular weight excluding hydrogens is 363 g/mol. The van der Waals surface area contributed by atoms with Gasteiger partial charge in [0.1, 0.15) is 0 Å². The second kappa shape index (κ2) is 6.30. The quantitative estimate of drug-likeness (QED) is 0.546. The van der Waals surface area contributed by atoms with E-state index in [4.69, 9.17) is 23.2 Å². The number of aryl methyl sites for hydroxylation is 2. The molecule has 2 atom stereocenters. The van der Waals surface area contributed by atoms with Crippen molar-refractivity contribution in [1.82, 2.24) is 9.47 Å². The highest BCUT2D eigenvalue weighted by molar-refractivity contribution is 6.31. The molecule has 134 valence electrons. The summed E-state index contributed by atoms with van der Waals surface area (Å²) >= 11 is 12.4. The van der Waals surface area contributed by atoms with Gasteiger partial charge in [0.2, 0.25) is 0 Å². The predicted octanol–water partition coefficient (Wildman–Crippen LogP) is 5.88.